The van der Waals surface area contributed by atoms with Crippen molar-refractivity contribution in [2.75, 3.05) is 18.5 Å². The molecule has 0 fully saturated rings. The number of nitriles is 1. The Bertz CT molecular complexity index is 1560. The molecule has 5 rings (SSSR count). The van der Waals surface area contributed by atoms with Gasteiger partial charge < -0.3 is 20.5 Å². The van der Waals surface area contributed by atoms with Crippen LogP contribution in [0.2, 0.25) is 5.02 Å². The zero-order valence-corrected chi connectivity index (χ0v) is 23.5. The number of halogens is 1. The summed E-state index contributed by atoms with van der Waals surface area (Å²) < 4.78 is 5.48. The number of fused-ring (bicyclic) bond motifs is 1. The number of carbonyl (C=O) groups is 1. The molecule has 39 heavy (non-hydrogen) atoms. The van der Waals surface area contributed by atoms with Gasteiger partial charge in [-0.05, 0) is 43.7 Å². The fourth-order valence-corrected chi connectivity index (χ4v) is 6.11. The quantitative estimate of drug-likeness (QED) is 0.220. The van der Waals surface area contributed by atoms with Gasteiger partial charge in [0.2, 0.25) is 0 Å². The van der Waals surface area contributed by atoms with Gasteiger partial charge in [-0.15, -0.1) is 11.3 Å². The smallest absolute Gasteiger partial charge is 0.257 e. The molecule has 0 saturated heterocycles. The zero-order valence-electron chi connectivity index (χ0n) is 21.1. The number of hydrogen-bond acceptors (Lipinski definition) is 9. The highest BCUT2D eigenvalue weighted by molar-refractivity contribution is 7.98. The Morgan fingerprint density at radius 2 is 1.79 bits per heavy atom. The van der Waals surface area contributed by atoms with E-state index >= 15 is 0 Å². The van der Waals surface area contributed by atoms with Crippen LogP contribution in [-0.2, 0) is 5.75 Å². The Balaban J connectivity index is 1.52. The fraction of sp³-hybridized carbons (Fsp3) is 0.214. The molecule has 0 radical (unpaired) electrons. The van der Waals surface area contributed by atoms with Crippen molar-refractivity contribution < 1.29 is 14.6 Å². The molecular formula is C28H24ClN5O3S2. The van der Waals surface area contributed by atoms with E-state index in [1.54, 1.807) is 24.3 Å². The van der Waals surface area contributed by atoms with Gasteiger partial charge in [-0.25, -0.2) is 9.97 Å². The lowest BCUT2D eigenvalue weighted by atomic mass is 9.93. The number of anilines is 1. The van der Waals surface area contributed by atoms with Crippen LogP contribution in [0.4, 0.5) is 5.82 Å². The summed E-state index contributed by atoms with van der Waals surface area (Å²) in [5.74, 6) is 1.18. The maximum Gasteiger partial charge on any atom is 0.257 e. The first-order chi connectivity index (χ1) is 18.8. The minimum atomic E-state index is -0.713. The molecular weight excluding hydrogens is 554 g/mol. The molecule has 0 spiro atoms. The lowest BCUT2D eigenvalue weighted by molar-refractivity contribution is 0.0914. The number of amides is 1. The van der Waals surface area contributed by atoms with Crippen molar-refractivity contribution in [3.63, 3.8) is 0 Å². The SMILES string of the molecule is CC1(C)NC(=O)c2c(nc(SCc3csc(-c4ccc(Cl)cc4)n3)c(C#N)c2-c2ccc(OCCO)cc2)N1. The van der Waals surface area contributed by atoms with Crippen molar-refractivity contribution in [1.82, 2.24) is 15.3 Å². The third-order valence-electron chi connectivity index (χ3n) is 5.86. The van der Waals surface area contributed by atoms with Gasteiger partial charge in [0.05, 0.1) is 23.4 Å². The molecule has 198 valence electrons. The number of pyridine rings is 1. The van der Waals surface area contributed by atoms with Crippen LogP contribution in [0, 0.1) is 11.3 Å². The van der Waals surface area contributed by atoms with E-state index in [2.05, 4.69) is 16.7 Å². The van der Waals surface area contributed by atoms with E-state index in [0.29, 0.717) is 49.6 Å². The number of rotatable bonds is 8. The molecule has 8 nitrogen and oxygen atoms in total. The summed E-state index contributed by atoms with van der Waals surface area (Å²) in [6.45, 7) is 3.77. The lowest BCUT2D eigenvalue weighted by Crippen LogP contribution is -2.53. The van der Waals surface area contributed by atoms with E-state index < -0.39 is 5.66 Å². The Morgan fingerprint density at radius 3 is 2.49 bits per heavy atom. The third-order valence-corrected chi connectivity index (χ3v) is 8.06. The van der Waals surface area contributed by atoms with Gasteiger partial charge in [0, 0.05) is 27.3 Å². The van der Waals surface area contributed by atoms with Crippen LogP contribution >= 0.6 is 34.7 Å². The Hall–Kier alpha value is -3.62. The summed E-state index contributed by atoms with van der Waals surface area (Å²) in [5.41, 5.74) is 2.94. The first-order valence-electron chi connectivity index (χ1n) is 12.0. The van der Waals surface area contributed by atoms with Gasteiger partial charge in [0.1, 0.15) is 39.9 Å². The molecule has 3 N–H and O–H groups in total. The summed E-state index contributed by atoms with van der Waals surface area (Å²) in [5, 5.41) is 29.6. The van der Waals surface area contributed by atoms with Gasteiger partial charge in [0.25, 0.3) is 5.91 Å². The predicted octanol–water partition coefficient (Wildman–Crippen LogP) is 5.95. The number of aliphatic hydroxyl groups excluding tert-OH is 1. The summed E-state index contributed by atoms with van der Waals surface area (Å²) in [4.78, 5) is 22.7. The van der Waals surface area contributed by atoms with Gasteiger partial charge >= 0.3 is 0 Å². The minimum absolute atomic E-state index is 0.0966. The molecule has 1 aliphatic rings. The van der Waals surface area contributed by atoms with Crippen LogP contribution in [0.5, 0.6) is 5.75 Å². The molecule has 0 atom stereocenters. The number of aromatic nitrogens is 2. The van der Waals surface area contributed by atoms with Crippen molar-refractivity contribution in [3.05, 3.63) is 75.8 Å². The zero-order chi connectivity index (χ0) is 27.6. The summed E-state index contributed by atoms with van der Waals surface area (Å²) in [6, 6.07) is 16.9. The van der Waals surface area contributed by atoms with E-state index in [0.717, 1.165) is 16.3 Å². The van der Waals surface area contributed by atoms with Crippen molar-refractivity contribution in [2.24, 2.45) is 0 Å². The first kappa shape index (κ1) is 27.0. The molecule has 11 heteroatoms. The molecule has 0 aliphatic carbocycles. The second-order valence-electron chi connectivity index (χ2n) is 9.24. The number of carbonyl (C=O) groups excluding carboxylic acids is 1. The molecule has 1 aliphatic heterocycles. The van der Waals surface area contributed by atoms with Crippen molar-refractivity contribution in [2.45, 2.75) is 30.3 Å². The average Bonchev–Trinajstić information content (AvgIpc) is 3.39. The van der Waals surface area contributed by atoms with Gasteiger partial charge in [0.15, 0.2) is 0 Å². The second kappa shape index (κ2) is 11.2. The highest BCUT2D eigenvalue weighted by Crippen LogP contribution is 2.40. The molecule has 2 aromatic heterocycles. The predicted molar refractivity (Wildman–Crippen MR) is 154 cm³/mol. The second-order valence-corrected chi connectivity index (χ2v) is 11.5. The van der Waals surface area contributed by atoms with E-state index in [4.69, 9.17) is 31.4 Å². The molecule has 2 aromatic carbocycles. The Kier molecular flexibility index (Phi) is 7.77. The third kappa shape index (κ3) is 5.87. The number of thioether (sulfide) groups is 1. The number of nitrogens with one attached hydrogen (secondary N) is 2. The number of nitrogens with zero attached hydrogens (tertiary/aromatic N) is 3. The number of thiazole rings is 1. The van der Waals surface area contributed by atoms with Crippen LogP contribution in [0.3, 0.4) is 0 Å². The number of aliphatic hydroxyl groups is 1. The van der Waals surface area contributed by atoms with E-state index in [-0.39, 0.29) is 19.1 Å². The maximum absolute atomic E-state index is 13.2. The van der Waals surface area contributed by atoms with Crippen LogP contribution in [-0.4, -0.2) is 39.9 Å². The van der Waals surface area contributed by atoms with Crippen molar-refractivity contribution in [3.8, 4) is 33.5 Å². The minimum Gasteiger partial charge on any atom is -0.491 e. The molecule has 0 unspecified atom stereocenters. The first-order valence-corrected chi connectivity index (χ1v) is 14.3. The molecule has 3 heterocycles. The Labute approximate surface area is 239 Å². The number of hydrogen-bond donors (Lipinski definition) is 3. The highest BCUT2D eigenvalue weighted by atomic mass is 35.5. The molecule has 4 aromatic rings. The number of ether oxygens (including phenoxy) is 1. The topological polar surface area (TPSA) is 120 Å². The van der Waals surface area contributed by atoms with E-state index in [9.17, 15) is 10.1 Å². The fourth-order valence-electron chi connectivity index (χ4n) is 4.17. The standard InChI is InChI=1S/C28H24ClN5O3S2/c1-28(2)33-24-23(25(36)34-28)22(16-5-9-20(10-6-16)37-12-11-35)21(13-30)27(32-24)39-15-19-14-38-26(31-19)17-3-7-18(29)8-4-17/h3-10,14,35H,11-12,15H2,1-2H3,(H,32,33)(H,34,36). The van der Waals surface area contributed by atoms with E-state index in [1.807, 2.05) is 43.5 Å². The summed E-state index contributed by atoms with van der Waals surface area (Å²) in [7, 11) is 0. The molecule has 0 bridgehead atoms. The van der Waals surface area contributed by atoms with Crippen LogP contribution in [0.1, 0.15) is 35.5 Å². The summed E-state index contributed by atoms with van der Waals surface area (Å²) >= 11 is 8.95. The molecule has 1 amide bonds. The maximum atomic E-state index is 13.2. The van der Waals surface area contributed by atoms with Crippen LogP contribution in [0.15, 0.2) is 58.9 Å². The van der Waals surface area contributed by atoms with E-state index in [1.165, 1.54) is 23.1 Å². The normalized spacial score (nSPS) is 13.7. The van der Waals surface area contributed by atoms with Crippen molar-refractivity contribution >= 4 is 46.4 Å². The monoisotopic (exact) mass is 577 g/mol. The lowest BCUT2D eigenvalue weighted by Gasteiger charge is -2.35. The van der Waals surface area contributed by atoms with Gasteiger partial charge in [-0.1, -0.05) is 47.6 Å². The highest BCUT2D eigenvalue weighted by Gasteiger charge is 2.35. The van der Waals surface area contributed by atoms with Gasteiger partial charge in [-0.2, -0.15) is 5.26 Å². The largest absolute Gasteiger partial charge is 0.491 e. The summed E-state index contributed by atoms with van der Waals surface area (Å²) in [6.07, 6.45) is 0. The van der Waals surface area contributed by atoms with Gasteiger partial charge in [-0.3, -0.25) is 4.79 Å². The van der Waals surface area contributed by atoms with Crippen molar-refractivity contribution in [1.29, 1.82) is 5.26 Å². The average molecular weight is 578 g/mol. The van der Waals surface area contributed by atoms with Crippen LogP contribution in [0.25, 0.3) is 21.7 Å². The Morgan fingerprint density at radius 1 is 1.08 bits per heavy atom. The molecule has 0 saturated carbocycles. The van der Waals surface area contributed by atoms with Crippen LogP contribution < -0.4 is 15.4 Å². The number of benzene rings is 2.